The van der Waals surface area contributed by atoms with Crippen molar-refractivity contribution < 1.29 is 23.5 Å². The van der Waals surface area contributed by atoms with Gasteiger partial charge in [-0.05, 0) is 37.1 Å². The number of Topliss-reactive ketones (excluding diaryl/α,β-unsaturated/α-hetero) is 1. The van der Waals surface area contributed by atoms with Crippen LogP contribution in [-0.2, 0) is 11.2 Å². The highest BCUT2D eigenvalue weighted by molar-refractivity contribution is 6.04. The van der Waals surface area contributed by atoms with Crippen LogP contribution in [0.5, 0.6) is 11.6 Å². The number of amides is 1. The number of ketones is 1. The van der Waals surface area contributed by atoms with Crippen LogP contribution in [0.15, 0.2) is 30.5 Å². The third kappa shape index (κ3) is 3.25. The monoisotopic (exact) mass is 370 g/mol. The van der Waals surface area contributed by atoms with Gasteiger partial charge in [0.15, 0.2) is 11.9 Å². The van der Waals surface area contributed by atoms with Crippen LogP contribution in [0.1, 0.15) is 35.7 Å². The van der Waals surface area contributed by atoms with E-state index >= 15 is 0 Å². The molecule has 0 N–H and O–H groups in total. The molecular weight excluding hydrogens is 351 g/mol. The van der Waals surface area contributed by atoms with E-state index in [0.29, 0.717) is 60.9 Å². The van der Waals surface area contributed by atoms with Gasteiger partial charge in [0.05, 0.1) is 12.8 Å². The van der Waals surface area contributed by atoms with E-state index in [4.69, 9.17) is 9.47 Å². The van der Waals surface area contributed by atoms with Crippen molar-refractivity contribution in [2.75, 3.05) is 18.1 Å². The van der Waals surface area contributed by atoms with Crippen LogP contribution < -0.4 is 14.4 Å². The van der Waals surface area contributed by atoms with Crippen molar-refractivity contribution in [3.8, 4) is 11.6 Å². The van der Waals surface area contributed by atoms with Gasteiger partial charge in [-0.2, -0.15) is 0 Å². The lowest BCUT2D eigenvalue weighted by molar-refractivity contribution is -0.122. The quantitative estimate of drug-likeness (QED) is 0.809. The Kier molecular flexibility index (Phi) is 4.51. The smallest absolute Gasteiger partial charge is 0.268 e. The number of hydrogen-bond donors (Lipinski definition) is 0. The van der Waals surface area contributed by atoms with E-state index in [-0.39, 0.29) is 11.7 Å². The maximum Gasteiger partial charge on any atom is 0.268 e. The van der Waals surface area contributed by atoms with Gasteiger partial charge >= 0.3 is 0 Å². The van der Waals surface area contributed by atoms with Gasteiger partial charge in [0.25, 0.3) is 5.91 Å². The number of anilines is 1. The summed E-state index contributed by atoms with van der Waals surface area (Å²) in [6.45, 7) is 2.79. The first-order valence-electron chi connectivity index (χ1n) is 8.99. The maximum absolute atomic E-state index is 14.3. The molecule has 0 saturated carbocycles. The number of carbonyl (C=O) groups excluding carboxylic acids is 2. The minimum atomic E-state index is -0.670. The largest absolute Gasteiger partial charge is 0.479 e. The number of benzene rings is 1. The predicted octanol–water partition coefficient (Wildman–Crippen LogP) is 2.93. The number of fused-ring (bicyclic) bond motifs is 1. The van der Waals surface area contributed by atoms with Gasteiger partial charge in [-0.25, -0.2) is 9.37 Å². The van der Waals surface area contributed by atoms with Gasteiger partial charge in [-0.3, -0.25) is 9.59 Å². The van der Waals surface area contributed by atoms with Gasteiger partial charge < -0.3 is 14.4 Å². The molecule has 1 aromatic heterocycles. The highest BCUT2D eigenvalue weighted by Gasteiger charge is 2.36. The highest BCUT2D eigenvalue weighted by atomic mass is 19.1. The first kappa shape index (κ1) is 17.5. The number of rotatable bonds is 5. The van der Waals surface area contributed by atoms with Crippen molar-refractivity contribution in [3.63, 3.8) is 0 Å². The SMILES string of the molecule is CCOc1ccc(O[C@@H]2CCN(c3cc(F)c4c(c3)C(=O)CC4)C2=O)cn1. The molecule has 27 heavy (non-hydrogen) atoms. The molecule has 1 aromatic carbocycles. The van der Waals surface area contributed by atoms with Crippen molar-refractivity contribution in [2.24, 2.45) is 0 Å². The third-order valence-electron chi connectivity index (χ3n) is 4.83. The van der Waals surface area contributed by atoms with Crippen LogP contribution >= 0.6 is 0 Å². The minimum Gasteiger partial charge on any atom is -0.479 e. The lowest BCUT2D eigenvalue weighted by Crippen LogP contribution is -2.32. The van der Waals surface area contributed by atoms with E-state index in [2.05, 4.69) is 4.98 Å². The summed E-state index contributed by atoms with van der Waals surface area (Å²) in [4.78, 5) is 30.2. The fraction of sp³-hybridized carbons (Fsp3) is 0.350. The normalized spacial score (nSPS) is 18.7. The molecule has 4 rings (SSSR count). The van der Waals surface area contributed by atoms with Crippen molar-refractivity contribution in [1.29, 1.82) is 0 Å². The van der Waals surface area contributed by atoms with Crippen LogP contribution in [0.2, 0.25) is 0 Å². The van der Waals surface area contributed by atoms with Gasteiger partial charge in [0.2, 0.25) is 5.88 Å². The maximum atomic E-state index is 14.3. The Morgan fingerprint density at radius 1 is 1.26 bits per heavy atom. The Morgan fingerprint density at radius 2 is 2.11 bits per heavy atom. The fourth-order valence-electron chi connectivity index (χ4n) is 3.51. The molecule has 0 bridgehead atoms. The van der Waals surface area contributed by atoms with Gasteiger partial charge in [0.1, 0.15) is 11.6 Å². The van der Waals surface area contributed by atoms with E-state index < -0.39 is 11.9 Å². The zero-order valence-electron chi connectivity index (χ0n) is 14.9. The topological polar surface area (TPSA) is 68.7 Å². The second-order valence-electron chi connectivity index (χ2n) is 6.53. The van der Waals surface area contributed by atoms with Crippen LogP contribution in [0, 0.1) is 5.82 Å². The molecule has 0 radical (unpaired) electrons. The van der Waals surface area contributed by atoms with Crippen molar-refractivity contribution >= 4 is 17.4 Å². The molecule has 2 aromatic rings. The fourth-order valence-corrected chi connectivity index (χ4v) is 3.51. The molecule has 1 aliphatic heterocycles. The molecule has 0 spiro atoms. The van der Waals surface area contributed by atoms with E-state index in [1.165, 1.54) is 17.2 Å². The molecule has 2 heterocycles. The van der Waals surface area contributed by atoms with E-state index in [1.54, 1.807) is 18.2 Å². The predicted molar refractivity (Wildman–Crippen MR) is 95.8 cm³/mol. The summed E-state index contributed by atoms with van der Waals surface area (Å²) < 4.78 is 25.3. The van der Waals surface area contributed by atoms with Gasteiger partial charge in [-0.15, -0.1) is 0 Å². The molecule has 1 fully saturated rings. The van der Waals surface area contributed by atoms with Gasteiger partial charge in [0, 0.05) is 36.7 Å². The number of halogens is 1. The molecule has 1 aliphatic carbocycles. The lowest BCUT2D eigenvalue weighted by atomic mass is 10.1. The minimum absolute atomic E-state index is 0.0781. The molecule has 1 atom stereocenters. The van der Waals surface area contributed by atoms with Crippen molar-refractivity contribution in [3.05, 3.63) is 47.4 Å². The first-order chi connectivity index (χ1) is 13.1. The summed E-state index contributed by atoms with van der Waals surface area (Å²) in [7, 11) is 0. The second-order valence-corrected chi connectivity index (χ2v) is 6.53. The third-order valence-corrected chi connectivity index (χ3v) is 4.83. The number of carbonyl (C=O) groups is 2. The number of nitrogens with zero attached hydrogens (tertiary/aromatic N) is 2. The average Bonchev–Trinajstić information content (AvgIpc) is 3.21. The van der Waals surface area contributed by atoms with E-state index in [0.717, 1.165) is 0 Å². The summed E-state index contributed by atoms with van der Waals surface area (Å²) in [5, 5.41) is 0. The number of pyridine rings is 1. The van der Waals surface area contributed by atoms with Crippen molar-refractivity contribution in [1.82, 2.24) is 4.98 Å². The molecule has 1 amide bonds. The van der Waals surface area contributed by atoms with Crippen LogP contribution in [0.4, 0.5) is 10.1 Å². The Labute approximate surface area is 155 Å². The number of ether oxygens (including phenoxy) is 2. The molecule has 1 saturated heterocycles. The van der Waals surface area contributed by atoms with E-state index in [9.17, 15) is 14.0 Å². The Bertz CT molecular complexity index is 898. The molecule has 0 unspecified atom stereocenters. The summed E-state index contributed by atoms with van der Waals surface area (Å²) in [6, 6.07) is 6.32. The molecule has 140 valence electrons. The average molecular weight is 370 g/mol. The zero-order valence-corrected chi connectivity index (χ0v) is 14.9. The van der Waals surface area contributed by atoms with Crippen molar-refractivity contribution in [2.45, 2.75) is 32.3 Å². The number of hydrogen-bond acceptors (Lipinski definition) is 5. The highest BCUT2D eigenvalue weighted by Crippen LogP contribution is 2.32. The molecular formula is C20H19FN2O4. The number of aromatic nitrogens is 1. The Hall–Kier alpha value is -2.96. The van der Waals surface area contributed by atoms with Crippen LogP contribution in [-0.4, -0.2) is 35.9 Å². The first-order valence-corrected chi connectivity index (χ1v) is 8.99. The van der Waals surface area contributed by atoms with Gasteiger partial charge in [-0.1, -0.05) is 0 Å². The summed E-state index contributed by atoms with van der Waals surface area (Å²) in [6.07, 6.45) is 2.05. The van der Waals surface area contributed by atoms with Crippen LogP contribution in [0.25, 0.3) is 0 Å². The Balaban J connectivity index is 1.50. The summed E-state index contributed by atoms with van der Waals surface area (Å²) in [5.41, 5.74) is 1.24. The Morgan fingerprint density at radius 3 is 2.85 bits per heavy atom. The standard InChI is InChI=1S/C20H19FN2O4/c1-2-26-19-6-3-13(11-22-19)27-18-7-8-23(20(18)25)12-9-15-14(16(21)10-12)4-5-17(15)24/h3,6,9-11,18H,2,4-5,7-8H2,1H3/t18-/m1/s1. The molecule has 7 heteroatoms. The zero-order chi connectivity index (χ0) is 19.0. The second kappa shape index (κ2) is 6.98. The molecule has 6 nitrogen and oxygen atoms in total. The summed E-state index contributed by atoms with van der Waals surface area (Å²) >= 11 is 0. The van der Waals surface area contributed by atoms with Crippen LogP contribution in [0.3, 0.4) is 0 Å². The van der Waals surface area contributed by atoms with E-state index in [1.807, 2.05) is 6.92 Å². The summed E-state index contributed by atoms with van der Waals surface area (Å²) in [5.74, 6) is 0.192. The molecule has 2 aliphatic rings. The lowest BCUT2D eigenvalue weighted by Gasteiger charge is -2.18.